The number of hydrogen-bond acceptors (Lipinski definition) is 2. The minimum absolute atomic E-state index is 0.0241. The summed E-state index contributed by atoms with van der Waals surface area (Å²) in [7, 11) is 0. The van der Waals surface area contributed by atoms with Crippen LogP contribution in [0.5, 0.6) is 5.75 Å². The molecule has 1 atom stereocenters. The molecule has 3 heteroatoms. The van der Waals surface area contributed by atoms with Crippen LogP contribution in [0.15, 0.2) is 61.2 Å². The van der Waals surface area contributed by atoms with E-state index in [0.29, 0.717) is 6.54 Å². The summed E-state index contributed by atoms with van der Waals surface area (Å²) in [6.45, 7) is 6.08. The largest absolute Gasteiger partial charge is 0.487 e. The maximum Gasteiger partial charge on any atom is 0.250 e. The predicted octanol–water partition coefficient (Wildman–Crippen LogP) is 3.65. The van der Waals surface area contributed by atoms with Crippen molar-refractivity contribution < 1.29 is 9.53 Å². The highest BCUT2D eigenvalue weighted by atomic mass is 16.5. The van der Waals surface area contributed by atoms with E-state index in [1.54, 1.807) is 4.90 Å². The van der Waals surface area contributed by atoms with Gasteiger partial charge in [0, 0.05) is 0 Å². The normalized spacial score (nSPS) is 16.8. The van der Waals surface area contributed by atoms with Crippen LogP contribution in [-0.4, -0.2) is 18.6 Å². The first-order chi connectivity index (χ1) is 10.2. The Morgan fingerprint density at radius 1 is 1.24 bits per heavy atom. The molecule has 1 unspecified atom stereocenters. The highest BCUT2D eigenvalue weighted by molar-refractivity contribution is 6.03. The summed E-state index contributed by atoms with van der Waals surface area (Å²) in [6.07, 6.45) is 1.32. The van der Waals surface area contributed by atoms with Crippen molar-refractivity contribution in [1.29, 1.82) is 0 Å². The molecule has 0 radical (unpaired) electrons. The molecule has 2 aromatic rings. The molecule has 0 aromatic heterocycles. The zero-order valence-electron chi connectivity index (χ0n) is 12.0. The summed E-state index contributed by atoms with van der Waals surface area (Å²) in [5, 5.41) is 0. The van der Waals surface area contributed by atoms with Gasteiger partial charge < -0.3 is 9.64 Å². The van der Waals surface area contributed by atoms with Crippen molar-refractivity contribution in [1.82, 2.24) is 0 Å². The van der Waals surface area contributed by atoms with Gasteiger partial charge in [-0.2, -0.15) is 0 Å². The zero-order valence-corrected chi connectivity index (χ0v) is 12.0. The number of carbonyl (C=O) groups is 1. The molecule has 1 aliphatic heterocycles. The summed E-state index contributed by atoms with van der Waals surface area (Å²) in [5.41, 5.74) is 2.98. The van der Waals surface area contributed by atoms with Crippen LogP contribution in [0.3, 0.4) is 0 Å². The Bertz CT molecular complexity index is 679. The van der Waals surface area contributed by atoms with Gasteiger partial charge in [0.15, 0.2) is 0 Å². The smallest absolute Gasteiger partial charge is 0.250 e. The van der Waals surface area contributed by atoms with Crippen molar-refractivity contribution in [3.05, 3.63) is 61.2 Å². The van der Waals surface area contributed by atoms with E-state index in [4.69, 9.17) is 4.74 Å². The Morgan fingerprint density at radius 3 is 2.71 bits per heavy atom. The molecule has 2 aromatic carbocycles. The van der Waals surface area contributed by atoms with E-state index in [1.807, 2.05) is 55.5 Å². The van der Waals surface area contributed by atoms with Crippen molar-refractivity contribution in [2.75, 3.05) is 11.4 Å². The number of nitrogens with zero attached hydrogens (tertiary/aromatic N) is 1. The highest BCUT2D eigenvalue weighted by Crippen LogP contribution is 2.37. The Hall–Kier alpha value is -2.55. The van der Waals surface area contributed by atoms with Crippen LogP contribution in [0.25, 0.3) is 11.1 Å². The van der Waals surface area contributed by atoms with E-state index in [0.717, 1.165) is 22.6 Å². The van der Waals surface area contributed by atoms with E-state index >= 15 is 0 Å². The van der Waals surface area contributed by atoms with E-state index in [2.05, 4.69) is 6.58 Å². The molecule has 21 heavy (non-hydrogen) atoms. The van der Waals surface area contributed by atoms with Gasteiger partial charge in [-0.05, 0) is 36.3 Å². The van der Waals surface area contributed by atoms with Crippen LogP contribution >= 0.6 is 0 Å². The molecule has 106 valence electrons. The fourth-order valence-electron chi connectivity index (χ4n) is 2.57. The summed E-state index contributed by atoms with van der Waals surface area (Å²) in [4.78, 5) is 13.8. The molecule has 0 bridgehead atoms. The maximum absolute atomic E-state index is 12.1. The molecule has 3 nitrogen and oxygen atoms in total. The number of amides is 1. The molecule has 0 N–H and O–H groups in total. The molecule has 0 saturated carbocycles. The minimum atomic E-state index is -0.100. The lowest BCUT2D eigenvalue weighted by Gasteiger charge is -2.33. The third-order valence-electron chi connectivity index (χ3n) is 3.57. The number of hydrogen-bond donors (Lipinski definition) is 0. The molecule has 1 amide bonds. The van der Waals surface area contributed by atoms with Gasteiger partial charge in [-0.3, -0.25) is 4.79 Å². The van der Waals surface area contributed by atoms with Crippen LogP contribution in [0.2, 0.25) is 0 Å². The second kappa shape index (κ2) is 5.44. The Morgan fingerprint density at radius 2 is 2.00 bits per heavy atom. The lowest BCUT2D eigenvalue weighted by Crippen LogP contribution is -2.41. The third-order valence-corrected chi connectivity index (χ3v) is 3.57. The monoisotopic (exact) mass is 279 g/mol. The molecule has 0 aliphatic carbocycles. The van der Waals surface area contributed by atoms with Gasteiger partial charge in [0.2, 0.25) is 0 Å². The lowest BCUT2D eigenvalue weighted by molar-refractivity contribution is -0.114. The Labute approximate surface area is 124 Å². The molecule has 0 spiro atoms. The second-order valence-electron chi connectivity index (χ2n) is 5.13. The number of benzene rings is 2. The number of anilines is 1. The molecule has 1 aliphatic rings. The molecular weight excluding hydrogens is 262 g/mol. The average Bonchev–Trinajstić information content (AvgIpc) is 2.53. The van der Waals surface area contributed by atoms with E-state index < -0.39 is 0 Å². The van der Waals surface area contributed by atoms with Crippen molar-refractivity contribution in [2.24, 2.45) is 0 Å². The van der Waals surface area contributed by atoms with Crippen molar-refractivity contribution >= 4 is 11.6 Å². The van der Waals surface area contributed by atoms with E-state index in [1.165, 1.54) is 6.08 Å². The number of fused-ring (bicyclic) bond motifs is 1. The molecular formula is C18H17NO2. The summed E-state index contributed by atoms with van der Waals surface area (Å²) < 4.78 is 5.82. The van der Waals surface area contributed by atoms with Gasteiger partial charge in [-0.1, -0.05) is 43.0 Å². The van der Waals surface area contributed by atoms with Crippen LogP contribution in [0.1, 0.15) is 6.92 Å². The number of ether oxygens (including phenoxy) is 1. The van der Waals surface area contributed by atoms with E-state index in [9.17, 15) is 4.79 Å². The molecule has 3 rings (SSSR count). The van der Waals surface area contributed by atoms with Gasteiger partial charge in [0.05, 0.1) is 12.2 Å². The van der Waals surface area contributed by atoms with E-state index in [-0.39, 0.29) is 12.0 Å². The van der Waals surface area contributed by atoms with Gasteiger partial charge in [-0.25, -0.2) is 0 Å². The SMILES string of the molecule is C=CC(=O)N1CC(C)Oc2ccc(-c3ccccc3)cc21. The second-order valence-corrected chi connectivity index (χ2v) is 5.13. The quantitative estimate of drug-likeness (QED) is 0.785. The van der Waals surface area contributed by atoms with Gasteiger partial charge in [0.1, 0.15) is 11.9 Å². The molecule has 0 fully saturated rings. The summed E-state index contributed by atoms with van der Waals surface area (Å²) in [5.74, 6) is 0.639. The summed E-state index contributed by atoms with van der Waals surface area (Å²) >= 11 is 0. The van der Waals surface area contributed by atoms with Crippen LogP contribution in [0, 0.1) is 0 Å². The number of carbonyl (C=O) groups excluding carboxylic acids is 1. The summed E-state index contributed by atoms with van der Waals surface area (Å²) in [6, 6.07) is 16.0. The van der Waals surface area contributed by atoms with Crippen LogP contribution < -0.4 is 9.64 Å². The van der Waals surface area contributed by atoms with Crippen LogP contribution in [-0.2, 0) is 4.79 Å². The third kappa shape index (κ3) is 2.55. The van der Waals surface area contributed by atoms with Crippen molar-refractivity contribution in [3.63, 3.8) is 0 Å². The Kier molecular flexibility index (Phi) is 3.48. The molecule has 0 saturated heterocycles. The fraction of sp³-hybridized carbons (Fsp3) is 0.167. The fourth-order valence-corrected chi connectivity index (χ4v) is 2.57. The predicted molar refractivity (Wildman–Crippen MR) is 84.5 cm³/mol. The first-order valence-electron chi connectivity index (χ1n) is 6.99. The van der Waals surface area contributed by atoms with Crippen molar-refractivity contribution in [2.45, 2.75) is 13.0 Å². The zero-order chi connectivity index (χ0) is 14.8. The average molecular weight is 279 g/mol. The first kappa shape index (κ1) is 13.4. The van der Waals surface area contributed by atoms with Crippen molar-refractivity contribution in [3.8, 4) is 16.9 Å². The standard InChI is InChI=1S/C18H17NO2/c1-3-18(20)19-12-13(2)21-17-10-9-15(11-16(17)19)14-7-5-4-6-8-14/h3-11,13H,1,12H2,2H3. The topological polar surface area (TPSA) is 29.5 Å². The van der Waals surface area contributed by atoms with Crippen LogP contribution in [0.4, 0.5) is 5.69 Å². The van der Waals surface area contributed by atoms with Gasteiger partial charge in [-0.15, -0.1) is 0 Å². The number of rotatable bonds is 2. The molecule has 1 heterocycles. The van der Waals surface area contributed by atoms with Gasteiger partial charge >= 0.3 is 0 Å². The van der Waals surface area contributed by atoms with Gasteiger partial charge in [0.25, 0.3) is 5.91 Å². The first-order valence-corrected chi connectivity index (χ1v) is 6.99. The lowest BCUT2D eigenvalue weighted by atomic mass is 10.0. The Balaban J connectivity index is 2.07. The maximum atomic E-state index is 12.1. The highest BCUT2D eigenvalue weighted by Gasteiger charge is 2.26. The minimum Gasteiger partial charge on any atom is -0.487 e.